The summed E-state index contributed by atoms with van der Waals surface area (Å²) in [4.78, 5) is 0. The number of hydrogen-bond donors (Lipinski definition) is 0. The molecule has 0 unspecified atom stereocenters. The van der Waals surface area contributed by atoms with E-state index in [2.05, 4.69) is 6.92 Å². The quantitative estimate of drug-likeness (QED) is 0.489. The molecule has 2 radical (unpaired) electrons. The van der Waals surface area contributed by atoms with Gasteiger partial charge in [0.25, 0.3) is 0 Å². The molecule has 0 amide bonds. The highest BCUT2D eigenvalue weighted by atomic mass is 16.5. The van der Waals surface area contributed by atoms with Crippen LogP contribution in [0.25, 0.3) is 0 Å². The Morgan fingerprint density at radius 1 is 1.71 bits per heavy atom. The molecule has 0 N–H and O–H groups in total. The van der Waals surface area contributed by atoms with Crippen LogP contribution in [0, 0.1) is 13.5 Å². The van der Waals surface area contributed by atoms with Crippen molar-refractivity contribution in [1.29, 1.82) is 0 Å². The fraction of sp³-hybridized carbons (Fsp3) is 0.667. The molecule has 7 heavy (non-hydrogen) atoms. The minimum Gasteiger partial charge on any atom is -0.379 e. The molecule has 0 aromatic carbocycles. The SMILES string of the molecule is [CH2]CCC[CH]OC. The Morgan fingerprint density at radius 2 is 2.43 bits per heavy atom. The summed E-state index contributed by atoms with van der Waals surface area (Å²) in [6.45, 7) is 5.48. The molecule has 1 heteroatoms. The number of hydrogen-bond acceptors (Lipinski definition) is 1. The number of ether oxygens (including phenoxy) is 1. The average molecular weight is 100 g/mol. The second kappa shape index (κ2) is 5.96. The molecule has 1 nitrogen and oxygen atoms in total. The van der Waals surface area contributed by atoms with E-state index in [-0.39, 0.29) is 0 Å². The molecule has 42 valence electrons. The summed E-state index contributed by atoms with van der Waals surface area (Å²) < 4.78 is 4.69. The van der Waals surface area contributed by atoms with Crippen LogP contribution in [0.2, 0.25) is 0 Å². The van der Waals surface area contributed by atoms with E-state index in [0.29, 0.717) is 0 Å². The standard InChI is InChI=1S/C6H12O/c1-3-4-5-6-7-2/h6H,1,3-5H2,2H3. The first-order valence-corrected chi connectivity index (χ1v) is 2.55. The van der Waals surface area contributed by atoms with E-state index in [9.17, 15) is 0 Å². The van der Waals surface area contributed by atoms with Gasteiger partial charge in [0.05, 0.1) is 6.61 Å². The van der Waals surface area contributed by atoms with E-state index < -0.39 is 0 Å². The highest BCUT2D eigenvalue weighted by Gasteiger charge is 1.80. The molecular weight excluding hydrogens is 88.1 g/mol. The molecule has 0 aromatic heterocycles. The summed E-state index contributed by atoms with van der Waals surface area (Å²) in [6.07, 6.45) is 3.16. The lowest BCUT2D eigenvalue weighted by atomic mass is 10.3. The zero-order chi connectivity index (χ0) is 5.54. The molecule has 0 saturated carbocycles. The molecule has 0 rings (SSSR count). The molecule has 0 atom stereocenters. The smallest absolute Gasteiger partial charge is 0.0832 e. The van der Waals surface area contributed by atoms with Crippen molar-refractivity contribution in [1.82, 2.24) is 0 Å². The highest BCUT2D eigenvalue weighted by molar-refractivity contribution is 4.49. The lowest BCUT2D eigenvalue weighted by Crippen LogP contribution is -1.77. The van der Waals surface area contributed by atoms with E-state index in [1.165, 1.54) is 0 Å². The third-order valence-corrected chi connectivity index (χ3v) is 0.739. The van der Waals surface area contributed by atoms with Crippen LogP contribution in [0.5, 0.6) is 0 Å². The van der Waals surface area contributed by atoms with Crippen molar-refractivity contribution in [2.45, 2.75) is 19.3 Å². The minimum atomic E-state index is 1.000. The first-order valence-electron chi connectivity index (χ1n) is 2.55. The van der Waals surface area contributed by atoms with E-state index in [0.717, 1.165) is 19.3 Å². The van der Waals surface area contributed by atoms with Crippen molar-refractivity contribution >= 4 is 0 Å². The summed E-state index contributed by atoms with van der Waals surface area (Å²) in [5, 5.41) is 0. The number of methoxy groups -OCH3 is 1. The molecule has 0 aliphatic heterocycles. The van der Waals surface area contributed by atoms with Crippen LogP contribution < -0.4 is 0 Å². The maximum absolute atomic E-state index is 4.69. The van der Waals surface area contributed by atoms with Crippen molar-refractivity contribution < 1.29 is 4.74 Å². The molecule has 0 aromatic rings. The minimum absolute atomic E-state index is 1.000. The summed E-state index contributed by atoms with van der Waals surface area (Å²) in [6, 6.07) is 0. The Bertz CT molecular complexity index is 23.4. The van der Waals surface area contributed by atoms with Crippen molar-refractivity contribution in [3.05, 3.63) is 13.5 Å². The summed E-state index contributed by atoms with van der Waals surface area (Å²) in [5.41, 5.74) is 0. The van der Waals surface area contributed by atoms with Crippen molar-refractivity contribution in [2.75, 3.05) is 7.11 Å². The zero-order valence-corrected chi connectivity index (χ0v) is 4.81. The van der Waals surface area contributed by atoms with Gasteiger partial charge in [-0.1, -0.05) is 19.8 Å². The molecule has 0 heterocycles. The second-order valence-corrected chi connectivity index (χ2v) is 1.40. The molecule has 0 bridgehead atoms. The second-order valence-electron chi connectivity index (χ2n) is 1.40. The topological polar surface area (TPSA) is 9.23 Å². The van der Waals surface area contributed by atoms with Gasteiger partial charge in [0, 0.05) is 7.11 Å². The maximum atomic E-state index is 4.69. The number of unbranched alkanes of at least 4 members (excludes halogenated alkanes) is 2. The normalized spacial score (nSPS) is 9.43. The van der Waals surface area contributed by atoms with Crippen LogP contribution in [0.1, 0.15) is 19.3 Å². The lowest BCUT2D eigenvalue weighted by molar-refractivity contribution is 0.263. The first-order chi connectivity index (χ1) is 3.41. The predicted octanol–water partition coefficient (Wildman–Crippen LogP) is 1.80. The Morgan fingerprint density at radius 3 is 2.86 bits per heavy atom. The van der Waals surface area contributed by atoms with Crippen LogP contribution in [0.4, 0.5) is 0 Å². The molecule has 0 fully saturated rings. The fourth-order valence-corrected chi connectivity index (χ4v) is 0.346. The van der Waals surface area contributed by atoms with Gasteiger partial charge >= 0.3 is 0 Å². The van der Waals surface area contributed by atoms with Gasteiger partial charge in [-0.2, -0.15) is 0 Å². The van der Waals surface area contributed by atoms with E-state index in [1.807, 2.05) is 0 Å². The first kappa shape index (κ1) is 6.96. The van der Waals surface area contributed by atoms with Crippen LogP contribution in [-0.2, 0) is 4.74 Å². The van der Waals surface area contributed by atoms with Gasteiger partial charge in [-0.15, -0.1) is 0 Å². The maximum Gasteiger partial charge on any atom is 0.0832 e. The molecule has 0 saturated heterocycles. The van der Waals surface area contributed by atoms with Gasteiger partial charge in [0.2, 0.25) is 0 Å². The number of rotatable bonds is 4. The van der Waals surface area contributed by atoms with E-state index in [1.54, 1.807) is 13.7 Å². The van der Waals surface area contributed by atoms with Crippen LogP contribution >= 0.6 is 0 Å². The van der Waals surface area contributed by atoms with Crippen LogP contribution in [0.15, 0.2) is 0 Å². The van der Waals surface area contributed by atoms with Crippen molar-refractivity contribution in [3.8, 4) is 0 Å². The highest BCUT2D eigenvalue weighted by Crippen LogP contribution is 1.95. The van der Waals surface area contributed by atoms with Crippen molar-refractivity contribution in [2.24, 2.45) is 0 Å². The third kappa shape index (κ3) is 5.96. The van der Waals surface area contributed by atoms with E-state index in [4.69, 9.17) is 4.74 Å². The van der Waals surface area contributed by atoms with Gasteiger partial charge in [-0.3, -0.25) is 0 Å². The Labute approximate surface area is 45.7 Å². The fourth-order valence-electron chi connectivity index (χ4n) is 0.346. The predicted molar refractivity (Wildman–Crippen MR) is 30.5 cm³/mol. The molecule has 0 aliphatic rings. The van der Waals surface area contributed by atoms with Crippen LogP contribution in [0.3, 0.4) is 0 Å². The Kier molecular flexibility index (Phi) is 5.93. The van der Waals surface area contributed by atoms with Crippen LogP contribution in [-0.4, -0.2) is 7.11 Å². The van der Waals surface area contributed by atoms with Gasteiger partial charge in [0.15, 0.2) is 0 Å². The Balaban J connectivity index is 2.45. The molecule has 0 aliphatic carbocycles. The average Bonchev–Trinajstić information content (AvgIpc) is 1.69. The largest absolute Gasteiger partial charge is 0.379 e. The van der Waals surface area contributed by atoms with Gasteiger partial charge in [-0.05, 0) is 6.42 Å². The zero-order valence-electron chi connectivity index (χ0n) is 4.81. The van der Waals surface area contributed by atoms with Crippen molar-refractivity contribution in [3.63, 3.8) is 0 Å². The third-order valence-electron chi connectivity index (χ3n) is 0.739. The van der Waals surface area contributed by atoms with Gasteiger partial charge in [-0.25, -0.2) is 0 Å². The van der Waals surface area contributed by atoms with Gasteiger partial charge < -0.3 is 4.74 Å². The summed E-state index contributed by atoms with van der Waals surface area (Å²) in [5.74, 6) is 0. The van der Waals surface area contributed by atoms with Gasteiger partial charge in [0.1, 0.15) is 0 Å². The monoisotopic (exact) mass is 100 g/mol. The Hall–Kier alpha value is -0.0400. The summed E-state index contributed by atoms with van der Waals surface area (Å²) >= 11 is 0. The molecular formula is C6H12O. The molecule has 0 spiro atoms. The van der Waals surface area contributed by atoms with E-state index >= 15 is 0 Å². The lowest BCUT2D eigenvalue weighted by Gasteiger charge is -1.91. The summed E-state index contributed by atoms with van der Waals surface area (Å²) in [7, 11) is 1.67.